The van der Waals surface area contributed by atoms with Crippen LogP contribution < -0.4 is 5.63 Å². The van der Waals surface area contributed by atoms with Gasteiger partial charge in [0.1, 0.15) is 5.76 Å². The lowest BCUT2D eigenvalue weighted by molar-refractivity contribution is 0.488. The molecule has 0 saturated heterocycles. The number of rotatable bonds is 0. The third-order valence-electron chi connectivity index (χ3n) is 2.95. The zero-order valence-electron chi connectivity index (χ0n) is 9.15. The molecule has 1 aromatic carbocycles. The second-order valence-corrected chi connectivity index (χ2v) is 3.98. The summed E-state index contributed by atoms with van der Waals surface area (Å²) in [6.07, 6.45) is 0. The van der Waals surface area contributed by atoms with Crippen LogP contribution in [0.15, 0.2) is 39.5 Å². The van der Waals surface area contributed by atoms with Crippen molar-refractivity contribution in [3.63, 3.8) is 0 Å². The van der Waals surface area contributed by atoms with Crippen LogP contribution in [0, 0.1) is 6.92 Å². The van der Waals surface area contributed by atoms with Gasteiger partial charge in [0.2, 0.25) is 0 Å². The molecule has 3 aromatic rings. The van der Waals surface area contributed by atoms with Gasteiger partial charge in [-0.2, -0.15) is 0 Å². The van der Waals surface area contributed by atoms with Crippen molar-refractivity contribution in [3.8, 4) is 0 Å². The Kier molecular flexibility index (Phi) is 1.72. The molecule has 0 saturated carbocycles. The summed E-state index contributed by atoms with van der Waals surface area (Å²) in [4.78, 5) is 11.8. The molecule has 0 aliphatic rings. The van der Waals surface area contributed by atoms with E-state index in [1.54, 1.807) is 6.92 Å². The molecule has 0 aliphatic heterocycles. The van der Waals surface area contributed by atoms with Crippen LogP contribution in [-0.2, 0) is 7.05 Å². The van der Waals surface area contributed by atoms with Crippen molar-refractivity contribution < 1.29 is 4.42 Å². The molecule has 3 heteroatoms. The highest BCUT2D eigenvalue weighted by molar-refractivity contribution is 6.07. The SMILES string of the molecule is Cc1cc2c(c(=O)o1)c1ccccc1n2C. The Bertz CT molecular complexity index is 750. The van der Waals surface area contributed by atoms with Crippen LogP contribution in [0.2, 0.25) is 0 Å². The second-order valence-electron chi connectivity index (χ2n) is 3.98. The van der Waals surface area contributed by atoms with E-state index in [2.05, 4.69) is 0 Å². The predicted octanol–water partition coefficient (Wildman–Crippen LogP) is 2.59. The third-order valence-corrected chi connectivity index (χ3v) is 2.95. The van der Waals surface area contributed by atoms with Gasteiger partial charge in [0.15, 0.2) is 0 Å². The minimum Gasteiger partial charge on any atom is -0.428 e. The molecule has 2 aromatic heterocycles. The fourth-order valence-electron chi connectivity index (χ4n) is 2.22. The molecule has 0 unspecified atom stereocenters. The molecule has 3 nitrogen and oxygen atoms in total. The first-order valence-corrected chi connectivity index (χ1v) is 5.16. The van der Waals surface area contributed by atoms with E-state index in [1.807, 2.05) is 41.9 Å². The van der Waals surface area contributed by atoms with Crippen molar-refractivity contribution >= 4 is 21.8 Å². The first kappa shape index (κ1) is 9.21. The van der Waals surface area contributed by atoms with E-state index in [4.69, 9.17) is 4.42 Å². The Hall–Kier alpha value is -2.03. The lowest BCUT2D eigenvalue weighted by atomic mass is 10.2. The van der Waals surface area contributed by atoms with Gasteiger partial charge >= 0.3 is 5.63 Å². The van der Waals surface area contributed by atoms with Gasteiger partial charge in [0.05, 0.1) is 10.9 Å². The maximum atomic E-state index is 11.8. The highest BCUT2D eigenvalue weighted by atomic mass is 16.4. The summed E-state index contributed by atoms with van der Waals surface area (Å²) in [7, 11) is 1.96. The van der Waals surface area contributed by atoms with Crippen LogP contribution in [0.5, 0.6) is 0 Å². The molecular formula is C13H11NO2. The molecule has 0 radical (unpaired) electrons. The normalized spacial score (nSPS) is 11.4. The molecule has 80 valence electrons. The standard InChI is InChI=1S/C13H11NO2/c1-8-7-11-12(13(15)16-8)9-5-3-4-6-10(9)14(11)2/h3-7H,1-2H3. The smallest absolute Gasteiger partial charge is 0.346 e. The zero-order valence-corrected chi connectivity index (χ0v) is 9.15. The topological polar surface area (TPSA) is 35.1 Å². The van der Waals surface area contributed by atoms with Crippen molar-refractivity contribution in [2.75, 3.05) is 0 Å². The van der Waals surface area contributed by atoms with Gasteiger partial charge in [-0.1, -0.05) is 18.2 Å². The van der Waals surface area contributed by atoms with Gasteiger partial charge in [0, 0.05) is 24.0 Å². The fraction of sp³-hybridized carbons (Fsp3) is 0.154. The second kappa shape index (κ2) is 2.98. The van der Waals surface area contributed by atoms with Gasteiger partial charge < -0.3 is 8.98 Å². The number of para-hydroxylation sites is 1. The summed E-state index contributed by atoms with van der Waals surface area (Å²) in [6, 6.07) is 9.75. The van der Waals surface area contributed by atoms with E-state index in [-0.39, 0.29) is 5.63 Å². The Morgan fingerprint density at radius 1 is 1.19 bits per heavy atom. The summed E-state index contributed by atoms with van der Waals surface area (Å²) in [6.45, 7) is 1.79. The Labute approximate surface area is 91.9 Å². The van der Waals surface area contributed by atoms with Crippen LogP contribution in [0.3, 0.4) is 0 Å². The Morgan fingerprint density at radius 2 is 1.94 bits per heavy atom. The first-order valence-electron chi connectivity index (χ1n) is 5.16. The van der Waals surface area contributed by atoms with Crippen molar-refractivity contribution in [1.29, 1.82) is 0 Å². The van der Waals surface area contributed by atoms with Crippen molar-refractivity contribution in [3.05, 3.63) is 46.5 Å². The summed E-state index contributed by atoms with van der Waals surface area (Å²) < 4.78 is 7.17. The molecule has 0 bridgehead atoms. The van der Waals surface area contributed by atoms with Crippen LogP contribution >= 0.6 is 0 Å². The first-order chi connectivity index (χ1) is 7.68. The molecule has 0 fully saturated rings. The number of hydrogen-bond donors (Lipinski definition) is 0. The van der Waals surface area contributed by atoms with Crippen LogP contribution in [-0.4, -0.2) is 4.57 Å². The van der Waals surface area contributed by atoms with Crippen molar-refractivity contribution in [1.82, 2.24) is 4.57 Å². The largest absolute Gasteiger partial charge is 0.428 e. The number of aromatic nitrogens is 1. The lowest BCUT2D eigenvalue weighted by Crippen LogP contribution is -1.99. The molecule has 0 atom stereocenters. The van der Waals surface area contributed by atoms with Crippen molar-refractivity contribution in [2.24, 2.45) is 7.05 Å². The third kappa shape index (κ3) is 1.05. The zero-order chi connectivity index (χ0) is 11.3. The number of fused-ring (bicyclic) bond motifs is 3. The minimum absolute atomic E-state index is 0.258. The lowest BCUT2D eigenvalue weighted by Gasteiger charge is -1.97. The van der Waals surface area contributed by atoms with Crippen molar-refractivity contribution in [2.45, 2.75) is 6.92 Å². The molecule has 0 N–H and O–H groups in total. The molecular weight excluding hydrogens is 202 g/mol. The number of benzene rings is 1. The maximum absolute atomic E-state index is 11.8. The summed E-state index contributed by atoms with van der Waals surface area (Å²) in [5.41, 5.74) is 1.72. The summed E-state index contributed by atoms with van der Waals surface area (Å²) in [5.74, 6) is 0.642. The van der Waals surface area contributed by atoms with E-state index in [0.717, 1.165) is 16.4 Å². The van der Waals surface area contributed by atoms with E-state index < -0.39 is 0 Å². The van der Waals surface area contributed by atoms with Gasteiger partial charge in [-0.25, -0.2) is 4.79 Å². The average Bonchev–Trinajstić information content (AvgIpc) is 2.54. The van der Waals surface area contributed by atoms with Gasteiger partial charge in [-0.15, -0.1) is 0 Å². The van der Waals surface area contributed by atoms with E-state index in [0.29, 0.717) is 11.1 Å². The highest BCUT2D eigenvalue weighted by Gasteiger charge is 2.12. The summed E-state index contributed by atoms with van der Waals surface area (Å²) >= 11 is 0. The number of hydrogen-bond acceptors (Lipinski definition) is 2. The van der Waals surface area contributed by atoms with Gasteiger partial charge in [-0.05, 0) is 13.0 Å². The Balaban J connectivity index is 2.73. The molecule has 3 rings (SSSR count). The van der Waals surface area contributed by atoms with Crippen LogP contribution in [0.4, 0.5) is 0 Å². The molecule has 0 amide bonds. The molecule has 2 heterocycles. The Morgan fingerprint density at radius 3 is 2.75 bits per heavy atom. The fourth-order valence-corrected chi connectivity index (χ4v) is 2.22. The van der Waals surface area contributed by atoms with E-state index in [9.17, 15) is 4.79 Å². The average molecular weight is 213 g/mol. The van der Waals surface area contributed by atoms with Crippen LogP contribution in [0.25, 0.3) is 21.8 Å². The van der Waals surface area contributed by atoms with Gasteiger partial charge in [-0.3, -0.25) is 0 Å². The minimum atomic E-state index is -0.258. The van der Waals surface area contributed by atoms with E-state index in [1.165, 1.54) is 0 Å². The summed E-state index contributed by atoms with van der Waals surface area (Å²) in [5, 5.41) is 1.62. The van der Waals surface area contributed by atoms with E-state index >= 15 is 0 Å². The predicted molar refractivity (Wildman–Crippen MR) is 63.7 cm³/mol. The monoisotopic (exact) mass is 213 g/mol. The molecule has 0 aliphatic carbocycles. The number of aryl methyl sites for hydroxylation is 2. The molecule has 0 spiro atoms. The maximum Gasteiger partial charge on any atom is 0.346 e. The number of nitrogens with zero attached hydrogens (tertiary/aromatic N) is 1. The highest BCUT2D eigenvalue weighted by Crippen LogP contribution is 2.25. The van der Waals surface area contributed by atoms with Gasteiger partial charge in [0.25, 0.3) is 0 Å². The quantitative estimate of drug-likeness (QED) is 0.575. The molecule has 16 heavy (non-hydrogen) atoms. The van der Waals surface area contributed by atoms with Crippen LogP contribution in [0.1, 0.15) is 5.76 Å².